The Labute approximate surface area is 142 Å². The number of carbonyl (C=O) groups is 1. The van der Waals surface area contributed by atoms with Gasteiger partial charge in [0.25, 0.3) is 0 Å². The molecule has 4 nitrogen and oxygen atoms in total. The molecular weight excluding hydrogens is 300 g/mol. The fourth-order valence-electron chi connectivity index (χ4n) is 5.77. The van der Waals surface area contributed by atoms with E-state index in [1.807, 2.05) is 6.07 Å². The van der Waals surface area contributed by atoms with Crippen LogP contribution in [0.5, 0.6) is 0 Å². The molecule has 3 bridgehead atoms. The molecule has 3 fully saturated rings. The Balaban J connectivity index is 1.79. The molecule has 0 radical (unpaired) electrons. The highest BCUT2D eigenvalue weighted by Gasteiger charge is 2.65. The molecule has 2 saturated heterocycles. The fraction of sp³-hybridized carbons (Fsp3) is 0.500. The summed E-state index contributed by atoms with van der Waals surface area (Å²) >= 11 is 0. The third-order valence-corrected chi connectivity index (χ3v) is 6.73. The van der Waals surface area contributed by atoms with Crippen LogP contribution in [0.1, 0.15) is 25.3 Å². The van der Waals surface area contributed by atoms with Crippen molar-refractivity contribution >= 4 is 17.4 Å². The minimum Gasteiger partial charge on any atom is -0.469 e. The largest absolute Gasteiger partial charge is 0.469 e. The van der Waals surface area contributed by atoms with Gasteiger partial charge in [-0.3, -0.25) is 14.7 Å². The highest BCUT2D eigenvalue weighted by molar-refractivity contribution is 6.09. The first kappa shape index (κ1) is 14.4. The zero-order valence-corrected chi connectivity index (χ0v) is 14.2. The summed E-state index contributed by atoms with van der Waals surface area (Å²) in [6, 6.07) is 8.76. The van der Waals surface area contributed by atoms with Crippen molar-refractivity contribution < 1.29 is 9.53 Å². The first-order chi connectivity index (χ1) is 11.7. The van der Waals surface area contributed by atoms with Crippen molar-refractivity contribution in [2.24, 2.45) is 16.8 Å². The molecule has 3 aliphatic heterocycles. The molecule has 1 aromatic rings. The van der Waals surface area contributed by atoms with Crippen LogP contribution in [0.4, 0.5) is 5.69 Å². The Morgan fingerprint density at radius 3 is 3.04 bits per heavy atom. The molecule has 3 heterocycles. The number of nitrogens with zero attached hydrogens (tertiary/aromatic N) is 2. The van der Waals surface area contributed by atoms with E-state index in [9.17, 15) is 4.79 Å². The average Bonchev–Trinajstić information content (AvgIpc) is 2.96. The van der Waals surface area contributed by atoms with Gasteiger partial charge in [0.15, 0.2) is 0 Å². The molecule has 1 aromatic carbocycles. The summed E-state index contributed by atoms with van der Waals surface area (Å²) < 4.78 is 5.31. The molecule has 0 unspecified atom stereocenters. The number of benzene rings is 1. The summed E-state index contributed by atoms with van der Waals surface area (Å²) in [6.07, 6.45) is 4.17. The van der Waals surface area contributed by atoms with Crippen LogP contribution >= 0.6 is 0 Å². The molecule has 0 aromatic heterocycles. The Bertz CT molecular complexity index is 797. The number of fused-ring (bicyclic) bond motifs is 2. The first-order valence-electron chi connectivity index (χ1n) is 8.86. The van der Waals surface area contributed by atoms with Crippen LogP contribution in [0.2, 0.25) is 0 Å². The van der Waals surface area contributed by atoms with Crippen molar-refractivity contribution in [3.8, 4) is 0 Å². The van der Waals surface area contributed by atoms with E-state index in [0.29, 0.717) is 6.04 Å². The van der Waals surface area contributed by atoms with Crippen LogP contribution in [-0.4, -0.2) is 42.8 Å². The number of hydrogen-bond donors (Lipinski definition) is 0. The smallest absolute Gasteiger partial charge is 0.310 e. The van der Waals surface area contributed by atoms with Crippen molar-refractivity contribution in [2.45, 2.75) is 31.2 Å². The predicted molar refractivity (Wildman–Crippen MR) is 92.6 cm³/mol. The van der Waals surface area contributed by atoms with Crippen molar-refractivity contribution in [3.05, 3.63) is 41.5 Å². The van der Waals surface area contributed by atoms with E-state index in [-0.39, 0.29) is 23.2 Å². The number of carbonyl (C=O) groups excluding carboxylic acids is 1. The maximum atomic E-state index is 12.9. The van der Waals surface area contributed by atoms with Gasteiger partial charge in [-0.2, -0.15) is 0 Å². The maximum absolute atomic E-state index is 12.9. The van der Waals surface area contributed by atoms with Crippen molar-refractivity contribution in [1.29, 1.82) is 0 Å². The lowest BCUT2D eigenvalue weighted by atomic mass is 9.51. The molecule has 5 rings (SSSR count). The molecule has 124 valence electrons. The Morgan fingerprint density at radius 1 is 1.42 bits per heavy atom. The second-order valence-corrected chi connectivity index (χ2v) is 7.43. The molecule has 24 heavy (non-hydrogen) atoms. The van der Waals surface area contributed by atoms with Gasteiger partial charge in [-0.1, -0.05) is 29.8 Å². The van der Waals surface area contributed by atoms with Gasteiger partial charge in [0.2, 0.25) is 0 Å². The molecule has 0 N–H and O–H groups in total. The molecular formula is C20H22N2O2. The van der Waals surface area contributed by atoms with Crippen LogP contribution in [0, 0.1) is 11.8 Å². The molecule has 4 atom stereocenters. The van der Waals surface area contributed by atoms with Gasteiger partial charge in [-0.15, -0.1) is 0 Å². The number of methoxy groups -OCH3 is 1. The van der Waals surface area contributed by atoms with Crippen LogP contribution in [0.3, 0.4) is 0 Å². The van der Waals surface area contributed by atoms with E-state index in [2.05, 4.69) is 36.1 Å². The second-order valence-electron chi connectivity index (χ2n) is 7.43. The van der Waals surface area contributed by atoms with Gasteiger partial charge in [-0.05, 0) is 37.3 Å². The Hall–Kier alpha value is -1.94. The van der Waals surface area contributed by atoms with Gasteiger partial charge in [-0.25, -0.2) is 0 Å². The highest BCUT2D eigenvalue weighted by atomic mass is 16.5. The fourth-order valence-corrected chi connectivity index (χ4v) is 5.77. The Kier molecular flexibility index (Phi) is 2.88. The molecule has 0 spiro atoms. The number of ether oxygens (including phenoxy) is 1. The van der Waals surface area contributed by atoms with Gasteiger partial charge in [0.05, 0.1) is 24.1 Å². The number of rotatable bonds is 1. The number of esters is 1. The van der Waals surface area contributed by atoms with E-state index in [0.717, 1.165) is 31.6 Å². The van der Waals surface area contributed by atoms with Crippen molar-refractivity contribution in [2.75, 3.05) is 20.2 Å². The molecule has 4 heteroatoms. The van der Waals surface area contributed by atoms with Crippen LogP contribution in [-0.2, 0) is 14.9 Å². The van der Waals surface area contributed by atoms with Crippen molar-refractivity contribution in [3.63, 3.8) is 0 Å². The summed E-state index contributed by atoms with van der Waals surface area (Å²) in [6.45, 7) is 4.09. The SMILES string of the molecule is CC=C1CN2CC[C@@]34C(=Nc5ccccc53)[C@H]2C[C@H]1[C@H]4C(=O)OC. The summed E-state index contributed by atoms with van der Waals surface area (Å²) in [7, 11) is 1.52. The zero-order valence-electron chi connectivity index (χ0n) is 14.2. The third kappa shape index (κ3) is 1.53. The second kappa shape index (κ2) is 4.79. The van der Waals surface area contributed by atoms with Crippen LogP contribution in [0.15, 0.2) is 40.9 Å². The average molecular weight is 322 g/mol. The summed E-state index contributed by atoms with van der Waals surface area (Å²) in [4.78, 5) is 20.5. The zero-order chi connectivity index (χ0) is 16.5. The van der Waals surface area contributed by atoms with E-state index < -0.39 is 0 Å². The lowest BCUT2D eigenvalue weighted by molar-refractivity contribution is -0.151. The van der Waals surface area contributed by atoms with Gasteiger partial charge >= 0.3 is 5.97 Å². The normalized spacial score (nSPS) is 37.8. The third-order valence-electron chi connectivity index (χ3n) is 6.73. The molecule has 1 saturated carbocycles. The first-order valence-corrected chi connectivity index (χ1v) is 8.86. The number of para-hydroxylation sites is 1. The van der Waals surface area contributed by atoms with E-state index in [1.165, 1.54) is 24.0 Å². The van der Waals surface area contributed by atoms with Crippen molar-refractivity contribution in [1.82, 2.24) is 4.90 Å². The molecule has 1 aliphatic carbocycles. The topological polar surface area (TPSA) is 41.9 Å². The lowest BCUT2D eigenvalue weighted by Crippen LogP contribution is -2.68. The number of hydrogen-bond acceptors (Lipinski definition) is 4. The van der Waals surface area contributed by atoms with E-state index in [1.54, 1.807) is 0 Å². The van der Waals surface area contributed by atoms with Gasteiger partial charge in [0.1, 0.15) is 0 Å². The molecule has 4 aliphatic rings. The van der Waals surface area contributed by atoms with Gasteiger partial charge in [0, 0.05) is 24.8 Å². The maximum Gasteiger partial charge on any atom is 0.310 e. The van der Waals surface area contributed by atoms with Crippen LogP contribution in [0.25, 0.3) is 0 Å². The predicted octanol–water partition coefficient (Wildman–Crippen LogP) is 2.85. The van der Waals surface area contributed by atoms with E-state index >= 15 is 0 Å². The minimum atomic E-state index is -0.261. The lowest BCUT2D eigenvalue weighted by Gasteiger charge is -2.59. The summed E-state index contributed by atoms with van der Waals surface area (Å²) in [5.74, 6) is 0.0569. The van der Waals surface area contributed by atoms with E-state index in [4.69, 9.17) is 9.73 Å². The molecule has 0 amide bonds. The van der Waals surface area contributed by atoms with Crippen LogP contribution < -0.4 is 0 Å². The Morgan fingerprint density at radius 2 is 2.25 bits per heavy atom. The summed E-state index contributed by atoms with van der Waals surface area (Å²) in [5.41, 5.74) is 4.64. The quantitative estimate of drug-likeness (QED) is 0.590. The number of piperidine rings is 2. The number of aliphatic imine (C=N–C) groups is 1. The summed E-state index contributed by atoms with van der Waals surface area (Å²) in [5, 5.41) is 0. The monoisotopic (exact) mass is 322 g/mol. The highest BCUT2D eigenvalue weighted by Crippen LogP contribution is 2.60. The number of allylic oxidation sites excluding steroid dienone is 1. The standard InChI is InChI=1S/C20H22N2O2/c1-3-12-11-22-9-8-20-14-6-4-5-7-15(14)21-18(20)16(22)10-13(12)17(20)19(23)24-2/h3-7,13,16-17H,8-11H2,1-2H3/t13-,16-,17+,20-/m1/s1. The minimum absolute atomic E-state index is 0.0717. The van der Waals surface area contributed by atoms with Gasteiger partial charge < -0.3 is 4.74 Å².